The molecule has 0 atom stereocenters. The molecule has 0 amide bonds. The van der Waals surface area contributed by atoms with Gasteiger partial charge in [0.2, 0.25) is 0 Å². The number of nitrogens with two attached hydrogens (primary N) is 2. The highest BCUT2D eigenvalue weighted by Gasteiger charge is 2.00. The fraction of sp³-hybridized carbons (Fsp3) is 0. The van der Waals surface area contributed by atoms with E-state index in [0.717, 1.165) is 11.5 Å². The third-order valence-corrected chi connectivity index (χ3v) is 3.78. The van der Waals surface area contributed by atoms with Crippen LogP contribution >= 0.6 is 0 Å². The van der Waals surface area contributed by atoms with E-state index in [1.54, 1.807) is 0 Å². The molecule has 0 unspecified atom stereocenters. The van der Waals surface area contributed by atoms with E-state index >= 15 is 0 Å². The molecule has 8 nitrogen and oxygen atoms in total. The van der Waals surface area contributed by atoms with Gasteiger partial charge in [-0.3, -0.25) is 9.11 Å². The van der Waals surface area contributed by atoms with Crippen LogP contribution in [-0.2, 0) is 10.4 Å². The molecule has 0 aliphatic rings. The molecule has 0 radical (unpaired) electrons. The molecule has 4 rings (SSSR count). The molecule has 172 valence electrons. The number of benzene rings is 4. The van der Waals surface area contributed by atoms with Gasteiger partial charge in [0.05, 0.1) is 11.4 Å². The molecule has 0 fully saturated rings. The predicted molar refractivity (Wildman–Crippen MR) is 129 cm³/mol. The summed E-state index contributed by atoms with van der Waals surface area (Å²) in [6.07, 6.45) is 0. The van der Waals surface area contributed by atoms with Crippen molar-refractivity contribution in [3.8, 4) is 23.0 Å². The van der Waals surface area contributed by atoms with Gasteiger partial charge in [0.1, 0.15) is 23.0 Å². The first-order valence-corrected chi connectivity index (χ1v) is 11.0. The second-order valence-corrected chi connectivity index (χ2v) is 7.25. The number of hydrogen-bond donors (Lipinski definition) is 4. The Labute approximate surface area is 192 Å². The van der Waals surface area contributed by atoms with Crippen molar-refractivity contribution >= 4 is 21.8 Å². The van der Waals surface area contributed by atoms with E-state index in [-0.39, 0.29) is 0 Å². The summed E-state index contributed by atoms with van der Waals surface area (Å²) in [6, 6.07) is 34.1. The van der Waals surface area contributed by atoms with Gasteiger partial charge in [-0.05, 0) is 48.5 Å². The van der Waals surface area contributed by atoms with E-state index in [1.807, 2.05) is 109 Å². The van der Waals surface area contributed by atoms with Crippen molar-refractivity contribution in [2.24, 2.45) is 0 Å². The van der Waals surface area contributed by atoms with E-state index in [1.165, 1.54) is 0 Å². The van der Waals surface area contributed by atoms with Crippen LogP contribution < -0.4 is 20.9 Å². The molecule has 33 heavy (non-hydrogen) atoms. The van der Waals surface area contributed by atoms with Gasteiger partial charge >= 0.3 is 10.4 Å². The van der Waals surface area contributed by atoms with E-state index in [9.17, 15) is 0 Å². The monoisotopic (exact) mass is 468 g/mol. The molecule has 4 aromatic rings. The van der Waals surface area contributed by atoms with Gasteiger partial charge in [-0.15, -0.1) is 0 Å². The maximum Gasteiger partial charge on any atom is 0.394 e. The molecule has 0 bridgehead atoms. The molecule has 6 N–H and O–H groups in total. The standard InChI is InChI=1S/2C12H11NO.H2O4S/c2*13-11-8-4-5-9-12(11)14-10-6-2-1-3-7-10;1-5(2,3)4/h2*1-9H,13H2;(H2,1,2,3,4). The lowest BCUT2D eigenvalue weighted by molar-refractivity contribution is 0.381. The number of rotatable bonds is 4. The van der Waals surface area contributed by atoms with Crippen molar-refractivity contribution < 1.29 is 27.0 Å². The Morgan fingerprint density at radius 2 is 0.788 bits per heavy atom. The Bertz CT molecular complexity index is 1130. The average Bonchev–Trinajstić information content (AvgIpc) is 2.78. The minimum absolute atomic E-state index is 0.649. The molecule has 0 heterocycles. The SMILES string of the molecule is Nc1ccccc1Oc1ccccc1.Nc1ccccc1Oc1ccccc1.O=S(=O)(O)O. The average molecular weight is 469 g/mol. The van der Waals surface area contributed by atoms with Gasteiger partial charge in [0.15, 0.2) is 0 Å². The molecule has 4 aromatic carbocycles. The minimum atomic E-state index is -4.67. The van der Waals surface area contributed by atoms with Crippen LogP contribution in [0.25, 0.3) is 0 Å². The highest BCUT2D eigenvalue weighted by Crippen LogP contribution is 2.27. The van der Waals surface area contributed by atoms with Gasteiger partial charge in [-0.25, -0.2) is 0 Å². The Morgan fingerprint density at radius 3 is 1.09 bits per heavy atom. The maximum atomic E-state index is 8.74. The Morgan fingerprint density at radius 1 is 0.515 bits per heavy atom. The zero-order valence-corrected chi connectivity index (χ0v) is 18.3. The van der Waals surface area contributed by atoms with Crippen molar-refractivity contribution in [1.82, 2.24) is 0 Å². The summed E-state index contributed by atoms with van der Waals surface area (Å²) in [6.45, 7) is 0. The maximum absolute atomic E-state index is 8.74. The number of hydrogen-bond acceptors (Lipinski definition) is 6. The highest BCUT2D eigenvalue weighted by atomic mass is 32.3. The van der Waals surface area contributed by atoms with Crippen LogP contribution in [0.15, 0.2) is 109 Å². The fourth-order valence-electron chi connectivity index (χ4n) is 2.38. The summed E-state index contributed by atoms with van der Waals surface area (Å²) in [5.41, 5.74) is 12.8. The van der Waals surface area contributed by atoms with Crippen molar-refractivity contribution in [2.45, 2.75) is 0 Å². The Kier molecular flexibility index (Phi) is 9.72. The topological polar surface area (TPSA) is 145 Å². The zero-order chi connectivity index (χ0) is 24.1. The summed E-state index contributed by atoms with van der Waals surface area (Å²) >= 11 is 0. The first kappa shape index (κ1) is 25.2. The number of para-hydroxylation sites is 6. The van der Waals surface area contributed by atoms with Crippen molar-refractivity contribution in [3.63, 3.8) is 0 Å². The van der Waals surface area contributed by atoms with Crippen LogP contribution in [0, 0.1) is 0 Å². The lowest BCUT2D eigenvalue weighted by atomic mass is 10.3. The smallest absolute Gasteiger partial charge is 0.394 e. The first-order chi connectivity index (χ1) is 15.7. The van der Waals surface area contributed by atoms with Crippen LogP contribution in [0.1, 0.15) is 0 Å². The molecular weight excluding hydrogens is 444 g/mol. The summed E-state index contributed by atoms with van der Waals surface area (Å²) in [5, 5.41) is 0. The highest BCUT2D eigenvalue weighted by molar-refractivity contribution is 7.79. The predicted octanol–water partition coefficient (Wildman–Crippen LogP) is 5.47. The third kappa shape index (κ3) is 10.7. The lowest BCUT2D eigenvalue weighted by Crippen LogP contribution is -1.90. The minimum Gasteiger partial charge on any atom is -0.455 e. The van der Waals surface area contributed by atoms with Crippen molar-refractivity contribution in [3.05, 3.63) is 109 Å². The number of nitrogen functional groups attached to an aromatic ring is 2. The van der Waals surface area contributed by atoms with Crippen LogP contribution in [-0.4, -0.2) is 17.5 Å². The normalized spacial score (nSPS) is 10.0. The van der Waals surface area contributed by atoms with E-state index in [4.69, 9.17) is 38.5 Å². The second kappa shape index (κ2) is 12.7. The molecule has 0 saturated carbocycles. The third-order valence-electron chi connectivity index (χ3n) is 3.78. The Balaban J connectivity index is 0.000000195. The van der Waals surface area contributed by atoms with Crippen LogP contribution in [0.4, 0.5) is 11.4 Å². The second-order valence-electron chi connectivity index (χ2n) is 6.35. The summed E-state index contributed by atoms with van der Waals surface area (Å²) in [4.78, 5) is 0. The summed E-state index contributed by atoms with van der Waals surface area (Å²) < 4.78 is 42.8. The van der Waals surface area contributed by atoms with E-state index in [0.29, 0.717) is 22.9 Å². The molecule has 0 aliphatic carbocycles. The first-order valence-electron chi connectivity index (χ1n) is 9.57. The van der Waals surface area contributed by atoms with Crippen molar-refractivity contribution in [1.29, 1.82) is 0 Å². The quantitative estimate of drug-likeness (QED) is 0.228. The molecule has 0 aromatic heterocycles. The van der Waals surface area contributed by atoms with Gasteiger partial charge in [-0.1, -0.05) is 60.7 Å². The van der Waals surface area contributed by atoms with Crippen LogP contribution in [0.5, 0.6) is 23.0 Å². The fourth-order valence-corrected chi connectivity index (χ4v) is 2.38. The number of anilines is 2. The van der Waals surface area contributed by atoms with Gasteiger partial charge in [0, 0.05) is 0 Å². The molecular formula is C24H24N2O6S. The number of ether oxygens (including phenoxy) is 2. The van der Waals surface area contributed by atoms with Gasteiger partial charge in [0.25, 0.3) is 0 Å². The largest absolute Gasteiger partial charge is 0.455 e. The van der Waals surface area contributed by atoms with E-state index < -0.39 is 10.4 Å². The lowest BCUT2D eigenvalue weighted by Gasteiger charge is -2.07. The van der Waals surface area contributed by atoms with E-state index in [2.05, 4.69) is 0 Å². The molecule has 0 spiro atoms. The van der Waals surface area contributed by atoms with Crippen LogP contribution in [0.3, 0.4) is 0 Å². The summed E-state index contributed by atoms with van der Waals surface area (Å²) in [5.74, 6) is 2.98. The molecule has 0 aliphatic heterocycles. The zero-order valence-electron chi connectivity index (χ0n) is 17.5. The van der Waals surface area contributed by atoms with Crippen molar-refractivity contribution in [2.75, 3.05) is 11.5 Å². The Hall–Kier alpha value is -4.05. The van der Waals surface area contributed by atoms with Gasteiger partial charge in [-0.2, -0.15) is 8.42 Å². The molecule has 0 saturated heterocycles. The van der Waals surface area contributed by atoms with Crippen LogP contribution in [0.2, 0.25) is 0 Å². The molecule has 9 heteroatoms. The summed E-state index contributed by atoms with van der Waals surface area (Å²) in [7, 11) is -4.67. The van der Waals surface area contributed by atoms with Gasteiger partial charge < -0.3 is 20.9 Å².